The average molecular weight is 315 g/mol. The molecule has 3 heterocycles. The number of imide groups is 1. The molecule has 2 aliphatic rings. The van der Waals surface area contributed by atoms with Crippen molar-refractivity contribution in [2.45, 2.75) is 45.7 Å². The number of carbonyl (C=O) groups excluding carboxylic acids is 2. The van der Waals surface area contributed by atoms with E-state index in [1.807, 2.05) is 19.1 Å². The summed E-state index contributed by atoms with van der Waals surface area (Å²) in [6.45, 7) is 8.16. The molecule has 0 N–H and O–H groups in total. The Morgan fingerprint density at radius 3 is 2.52 bits per heavy atom. The molecule has 2 amide bonds. The first-order valence-electron chi connectivity index (χ1n) is 8.47. The van der Waals surface area contributed by atoms with Gasteiger partial charge in [0.25, 0.3) is 0 Å². The van der Waals surface area contributed by atoms with Gasteiger partial charge in [0.2, 0.25) is 11.8 Å². The Bertz CT molecular complexity index is 579. The lowest BCUT2D eigenvalue weighted by atomic mass is 9.90. The molecular weight excluding hydrogens is 290 g/mol. The number of aromatic nitrogens is 1. The van der Waals surface area contributed by atoms with E-state index in [-0.39, 0.29) is 23.9 Å². The van der Waals surface area contributed by atoms with Crippen molar-refractivity contribution in [1.82, 2.24) is 14.8 Å². The summed E-state index contributed by atoms with van der Waals surface area (Å²) < 4.78 is 0. The molecule has 124 valence electrons. The SMILES string of the molecule is C[C@@H]1C[C@H](C)CN([C@@H]2CC(=O)N([C@H](C)c3cccnc3)C2=O)C1. The normalized spacial score (nSPS) is 30.7. The summed E-state index contributed by atoms with van der Waals surface area (Å²) in [6, 6.07) is 3.21. The van der Waals surface area contributed by atoms with Gasteiger partial charge in [-0.15, -0.1) is 0 Å². The molecule has 0 unspecified atom stereocenters. The first-order chi connectivity index (χ1) is 11.0. The van der Waals surface area contributed by atoms with Gasteiger partial charge in [-0.3, -0.25) is 24.4 Å². The second-order valence-corrected chi connectivity index (χ2v) is 7.18. The lowest BCUT2D eigenvalue weighted by Gasteiger charge is -2.37. The number of rotatable bonds is 3. The van der Waals surface area contributed by atoms with Crippen LogP contribution in [0.2, 0.25) is 0 Å². The topological polar surface area (TPSA) is 53.5 Å². The molecule has 0 radical (unpaired) electrons. The number of carbonyl (C=O) groups is 2. The van der Waals surface area contributed by atoms with E-state index in [4.69, 9.17) is 0 Å². The highest BCUT2D eigenvalue weighted by Gasteiger charge is 2.45. The zero-order valence-corrected chi connectivity index (χ0v) is 14.1. The average Bonchev–Trinajstić information content (AvgIpc) is 2.81. The lowest BCUT2D eigenvalue weighted by molar-refractivity contribution is -0.142. The number of piperidine rings is 1. The second-order valence-electron chi connectivity index (χ2n) is 7.18. The quantitative estimate of drug-likeness (QED) is 0.803. The van der Waals surface area contributed by atoms with Gasteiger partial charge < -0.3 is 0 Å². The van der Waals surface area contributed by atoms with Crippen molar-refractivity contribution in [2.75, 3.05) is 13.1 Å². The van der Waals surface area contributed by atoms with E-state index in [0.717, 1.165) is 18.7 Å². The predicted molar refractivity (Wildman–Crippen MR) is 87.4 cm³/mol. The molecule has 23 heavy (non-hydrogen) atoms. The van der Waals surface area contributed by atoms with Gasteiger partial charge in [0, 0.05) is 25.5 Å². The van der Waals surface area contributed by atoms with Crippen molar-refractivity contribution < 1.29 is 9.59 Å². The third kappa shape index (κ3) is 3.15. The van der Waals surface area contributed by atoms with Crippen LogP contribution in [0.25, 0.3) is 0 Å². The van der Waals surface area contributed by atoms with Crippen molar-refractivity contribution in [3.05, 3.63) is 30.1 Å². The summed E-state index contributed by atoms with van der Waals surface area (Å²) in [5.41, 5.74) is 0.898. The fourth-order valence-corrected chi connectivity index (χ4v) is 4.06. The zero-order chi connectivity index (χ0) is 16.6. The van der Waals surface area contributed by atoms with E-state index < -0.39 is 0 Å². The minimum absolute atomic E-state index is 0.0485. The first kappa shape index (κ1) is 16.1. The molecule has 3 rings (SSSR count). The highest BCUT2D eigenvalue weighted by atomic mass is 16.2. The summed E-state index contributed by atoms with van der Waals surface area (Å²) in [5.74, 6) is 1.03. The summed E-state index contributed by atoms with van der Waals surface area (Å²) in [7, 11) is 0. The number of hydrogen-bond donors (Lipinski definition) is 0. The van der Waals surface area contributed by atoms with Crippen molar-refractivity contribution in [1.29, 1.82) is 0 Å². The minimum Gasteiger partial charge on any atom is -0.291 e. The van der Waals surface area contributed by atoms with Gasteiger partial charge >= 0.3 is 0 Å². The van der Waals surface area contributed by atoms with Crippen LogP contribution in [-0.2, 0) is 9.59 Å². The molecule has 0 aromatic carbocycles. The van der Waals surface area contributed by atoms with E-state index in [9.17, 15) is 9.59 Å². The molecule has 4 atom stereocenters. The second kappa shape index (κ2) is 6.40. The Morgan fingerprint density at radius 2 is 1.91 bits per heavy atom. The van der Waals surface area contributed by atoms with Gasteiger partial charge in [0.05, 0.1) is 18.5 Å². The molecule has 0 spiro atoms. The van der Waals surface area contributed by atoms with Crippen LogP contribution in [0.15, 0.2) is 24.5 Å². The van der Waals surface area contributed by atoms with Crippen LogP contribution in [0, 0.1) is 11.8 Å². The number of hydrogen-bond acceptors (Lipinski definition) is 4. The van der Waals surface area contributed by atoms with Crippen molar-refractivity contribution in [3.63, 3.8) is 0 Å². The largest absolute Gasteiger partial charge is 0.291 e. The Morgan fingerprint density at radius 1 is 1.22 bits per heavy atom. The molecule has 5 heteroatoms. The maximum Gasteiger partial charge on any atom is 0.247 e. The van der Waals surface area contributed by atoms with Gasteiger partial charge in [-0.1, -0.05) is 19.9 Å². The van der Waals surface area contributed by atoms with Crippen LogP contribution in [0.1, 0.15) is 45.2 Å². The number of likely N-dealkylation sites (tertiary alicyclic amines) is 2. The Hall–Kier alpha value is -1.75. The van der Waals surface area contributed by atoms with Crippen LogP contribution in [-0.4, -0.2) is 45.7 Å². The van der Waals surface area contributed by atoms with Crippen LogP contribution < -0.4 is 0 Å². The van der Waals surface area contributed by atoms with Crippen LogP contribution in [0.4, 0.5) is 0 Å². The van der Waals surface area contributed by atoms with E-state index >= 15 is 0 Å². The zero-order valence-electron chi connectivity index (χ0n) is 14.1. The molecular formula is C18H25N3O2. The van der Waals surface area contributed by atoms with Crippen molar-refractivity contribution in [2.24, 2.45) is 11.8 Å². The van der Waals surface area contributed by atoms with Gasteiger partial charge in [0.15, 0.2) is 0 Å². The number of pyridine rings is 1. The van der Waals surface area contributed by atoms with Crippen LogP contribution in [0.5, 0.6) is 0 Å². The van der Waals surface area contributed by atoms with Gasteiger partial charge in [0.1, 0.15) is 0 Å². The summed E-state index contributed by atoms with van der Waals surface area (Å²) in [4.78, 5) is 33.1. The van der Waals surface area contributed by atoms with Gasteiger partial charge in [-0.05, 0) is 36.8 Å². The molecule has 1 aromatic rings. The Balaban J connectivity index is 1.77. The first-order valence-corrected chi connectivity index (χ1v) is 8.47. The van der Waals surface area contributed by atoms with Crippen LogP contribution >= 0.6 is 0 Å². The molecule has 5 nitrogen and oxygen atoms in total. The maximum absolute atomic E-state index is 12.9. The number of nitrogens with zero attached hydrogens (tertiary/aromatic N) is 3. The van der Waals surface area contributed by atoms with Crippen molar-refractivity contribution >= 4 is 11.8 Å². The standard InChI is InChI=1S/C18H25N3O2/c1-12-7-13(2)11-20(10-12)16-8-17(22)21(18(16)23)14(3)15-5-4-6-19-9-15/h4-6,9,12-14,16H,7-8,10-11H2,1-3H3/t12-,13+,14-,16-/m1/s1. The van der Waals surface area contributed by atoms with E-state index in [1.165, 1.54) is 11.3 Å². The van der Waals surface area contributed by atoms with Crippen LogP contribution in [0.3, 0.4) is 0 Å². The van der Waals surface area contributed by atoms with Crippen molar-refractivity contribution in [3.8, 4) is 0 Å². The van der Waals surface area contributed by atoms with Gasteiger partial charge in [-0.25, -0.2) is 0 Å². The van der Waals surface area contributed by atoms with Gasteiger partial charge in [-0.2, -0.15) is 0 Å². The van der Waals surface area contributed by atoms with E-state index in [0.29, 0.717) is 18.3 Å². The predicted octanol–water partition coefficient (Wildman–Crippen LogP) is 2.25. The minimum atomic E-state index is -0.285. The summed E-state index contributed by atoms with van der Waals surface area (Å²) in [6.07, 6.45) is 4.93. The monoisotopic (exact) mass is 315 g/mol. The van der Waals surface area contributed by atoms with E-state index in [2.05, 4.69) is 23.7 Å². The maximum atomic E-state index is 12.9. The molecule has 2 saturated heterocycles. The summed E-state index contributed by atoms with van der Waals surface area (Å²) >= 11 is 0. The fourth-order valence-electron chi connectivity index (χ4n) is 4.06. The molecule has 0 aliphatic carbocycles. The highest BCUT2D eigenvalue weighted by Crippen LogP contribution is 2.31. The third-order valence-electron chi connectivity index (χ3n) is 5.05. The molecule has 2 aliphatic heterocycles. The Kier molecular flexibility index (Phi) is 4.48. The smallest absolute Gasteiger partial charge is 0.247 e. The fraction of sp³-hybridized carbons (Fsp3) is 0.611. The lowest BCUT2D eigenvalue weighted by Crippen LogP contribution is -2.48. The Labute approximate surface area is 137 Å². The molecule has 2 fully saturated rings. The van der Waals surface area contributed by atoms with E-state index in [1.54, 1.807) is 12.4 Å². The summed E-state index contributed by atoms with van der Waals surface area (Å²) in [5, 5.41) is 0. The number of amides is 2. The third-order valence-corrected chi connectivity index (χ3v) is 5.05. The molecule has 1 aromatic heterocycles. The molecule has 0 bridgehead atoms. The highest BCUT2D eigenvalue weighted by molar-refractivity contribution is 6.05. The molecule has 0 saturated carbocycles.